The van der Waals surface area contributed by atoms with Crippen molar-refractivity contribution in [3.05, 3.63) is 12.2 Å². The summed E-state index contributed by atoms with van der Waals surface area (Å²) in [6, 6.07) is 0. The Bertz CT molecular complexity index is 185. The van der Waals surface area contributed by atoms with Crippen LogP contribution in [0.5, 0.6) is 0 Å². The lowest BCUT2D eigenvalue weighted by atomic mass is 9.99. The van der Waals surface area contributed by atoms with E-state index in [1.54, 1.807) is 0 Å². The second-order valence-electron chi connectivity index (χ2n) is 3.83. The predicted molar refractivity (Wildman–Crippen MR) is 62.8 cm³/mol. The smallest absolute Gasteiger partial charge is 0.123 e. The summed E-state index contributed by atoms with van der Waals surface area (Å²) in [4.78, 5) is 20.8. The summed E-state index contributed by atoms with van der Waals surface area (Å²) in [5.41, 5.74) is 0. The number of hydrogen-bond acceptors (Lipinski definition) is 2. The Hall–Kier alpha value is -0.920. The molecule has 0 radical (unpaired) electrons. The highest BCUT2D eigenvalue weighted by Gasteiger charge is 2.04. The number of carbonyl (C=O) groups excluding carboxylic acids is 2. The Labute approximate surface area is 92.8 Å². The van der Waals surface area contributed by atoms with Gasteiger partial charge in [-0.1, -0.05) is 31.9 Å². The molecule has 2 heteroatoms. The van der Waals surface area contributed by atoms with Gasteiger partial charge in [0.05, 0.1) is 0 Å². The minimum absolute atomic E-state index is 0.0611. The highest BCUT2D eigenvalue weighted by atomic mass is 16.1. The first kappa shape index (κ1) is 14.1. The van der Waals surface area contributed by atoms with Gasteiger partial charge >= 0.3 is 0 Å². The summed E-state index contributed by atoms with van der Waals surface area (Å²) in [5.74, 6) is 0.0611. The largest absolute Gasteiger partial charge is 0.303 e. The van der Waals surface area contributed by atoms with Crippen LogP contribution in [0, 0.1) is 5.92 Å². The van der Waals surface area contributed by atoms with Crippen LogP contribution in [0.4, 0.5) is 0 Å². The molecule has 0 saturated heterocycles. The molecule has 0 aromatic rings. The minimum atomic E-state index is 0.0611. The number of carbonyl (C=O) groups is 2. The highest BCUT2D eigenvalue weighted by molar-refractivity contribution is 5.55. The quantitative estimate of drug-likeness (QED) is 0.315. The van der Waals surface area contributed by atoms with E-state index < -0.39 is 0 Å². The van der Waals surface area contributed by atoms with Crippen LogP contribution in [0.1, 0.15) is 51.9 Å². The van der Waals surface area contributed by atoms with Crippen LogP contribution in [0.15, 0.2) is 12.2 Å². The molecule has 0 rings (SSSR count). The maximum atomic E-state index is 10.6. The molecule has 0 aromatic carbocycles. The van der Waals surface area contributed by atoms with Gasteiger partial charge in [-0.3, -0.25) is 0 Å². The Kier molecular flexibility index (Phi) is 10.5. The van der Waals surface area contributed by atoms with Gasteiger partial charge in [0.25, 0.3) is 0 Å². The molecule has 0 N–H and O–H groups in total. The van der Waals surface area contributed by atoms with Crippen LogP contribution in [0.25, 0.3) is 0 Å². The molecule has 1 atom stereocenters. The van der Waals surface area contributed by atoms with Gasteiger partial charge in [-0.2, -0.15) is 0 Å². The molecule has 0 amide bonds. The molecule has 2 nitrogen and oxygen atoms in total. The van der Waals surface area contributed by atoms with E-state index in [0.717, 1.165) is 31.8 Å². The summed E-state index contributed by atoms with van der Waals surface area (Å²) in [7, 11) is 0. The van der Waals surface area contributed by atoms with Crippen LogP contribution >= 0.6 is 0 Å². The fraction of sp³-hybridized carbons (Fsp3) is 0.692. The summed E-state index contributed by atoms with van der Waals surface area (Å²) in [5, 5.41) is 0. The van der Waals surface area contributed by atoms with Gasteiger partial charge in [0.15, 0.2) is 0 Å². The van der Waals surface area contributed by atoms with E-state index in [9.17, 15) is 9.59 Å². The van der Waals surface area contributed by atoms with Crippen LogP contribution < -0.4 is 0 Å². The molecule has 0 bridgehead atoms. The average Bonchev–Trinajstić information content (AvgIpc) is 2.27. The zero-order chi connectivity index (χ0) is 11.4. The summed E-state index contributed by atoms with van der Waals surface area (Å²) in [6.45, 7) is 2.18. The van der Waals surface area contributed by atoms with Crippen molar-refractivity contribution < 1.29 is 9.59 Å². The molecular weight excluding hydrogens is 188 g/mol. The molecule has 0 fully saturated rings. The lowest BCUT2D eigenvalue weighted by Crippen LogP contribution is -2.01. The molecule has 0 spiro atoms. The van der Waals surface area contributed by atoms with Crippen LogP contribution in [0.2, 0.25) is 0 Å². The topological polar surface area (TPSA) is 34.1 Å². The fourth-order valence-electron chi connectivity index (χ4n) is 1.43. The molecule has 0 saturated carbocycles. The van der Waals surface area contributed by atoms with Crippen molar-refractivity contribution >= 4 is 12.6 Å². The van der Waals surface area contributed by atoms with E-state index in [1.165, 1.54) is 12.8 Å². The Morgan fingerprint density at radius 3 is 2.27 bits per heavy atom. The van der Waals surface area contributed by atoms with Crippen LogP contribution in [-0.4, -0.2) is 12.6 Å². The van der Waals surface area contributed by atoms with Gasteiger partial charge < -0.3 is 9.59 Å². The molecule has 0 heterocycles. The normalized spacial score (nSPS) is 12.9. The molecule has 15 heavy (non-hydrogen) atoms. The molecule has 0 aromatic heterocycles. The van der Waals surface area contributed by atoms with Crippen molar-refractivity contribution in [2.45, 2.75) is 51.9 Å². The van der Waals surface area contributed by atoms with Crippen molar-refractivity contribution in [3.63, 3.8) is 0 Å². The van der Waals surface area contributed by atoms with Gasteiger partial charge in [0, 0.05) is 12.3 Å². The van der Waals surface area contributed by atoms with E-state index in [1.807, 2.05) is 0 Å². The number of unbranched alkanes of at least 4 members (excludes halogenated alkanes) is 2. The first-order chi connectivity index (χ1) is 7.35. The van der Waals surface area contributed by atoms with Crippen molar-refractivity contribution in [1.29, 1.82) is 0 Å². The zero-order valence-corrected chi connectivity index (χ0v) is 9.65. The SMILES string of the molecule is CCCCC=CCCC(C=O)CCC=O. The zero-order valence-electron chi connectivity index (χ0n) is 9.65. The molecule has 1 unspecified atom stereocenters. The summed E-state index contributed by atoms with van der Waals surface area (Å²) < 4.78 is 0. The second kappa shape index (κ2) is 11.2. The van der Waals surface area contributed by atoms with Crippen LogP contribution in [-0.2, 0) is 9.59 Å². The molecule has 86 valence electrons. The third kappa shape index (κ3) is 9.39. The van der Waals surface area contributed by atoms with Gasteiger partial charge in [-0.05, 0) is 25.7 Å². The molecular formula is C13H22O2. The fourth-order valence-corrected chi connectivity index (χ4v) is 1.43. The molecule has 0 aliphatic rings. The van der Waals surface area contributed by atoms with Gasteiger partial charge in [0.1, 0.15) is 12.6 Å². The van der Waals surface area contributed by atoms with Crippen molar-refractivity contribution in [3.8, 4) is 0 Å². The van der Waals surface area contributed by atoms with Crippen molar-refractivity contribution in [2.75, 3.05) is 0 Å². The van der Waals surface area contributed by atoms with E-state index in [0.29, 0.717) is 12.8 Å². The minimum Gasteiger partial charge on any atom is -0.303 e. The maximum Gasteiger partial charge on any atom is 0.123 e. The Morgan fingerprint density at radius 1 is 1.00 bits per heavy atom. The summed E-state index contributed by atoms with van der Waals surface area (Å²) in [6.07, 6.45) is 12.8. The van der Waals surface area contributed by atoms with E-state index in [2.05, 4.69) is 19.1 Å². The number of allylic oxidation sites excluding steroid dienone is 2. The van der Waals surface area contributed by atoms with Gasteiger partial charge in [-0.15, -0.1) is 0 Å². The van der Waals surface area contributed by atoms with Crippen molar-refractivity contribution in [1.82, 2.24) is 0 Å². The first-order valence-corrected chi connectivity index (χ1v) is 5.89. The number of rotatable bonds is 10. The predicted octanol–water partition coefficient (Wildman–Crippen LogP) is 3.31. The molecule has 0 aliphatic carbocycles. The third-order valence-electron chi connectivity index (χ3n) is 2.44. The maximum absolute atomic E-state index is 10.6. The monoisotopic (exact) mass is 210 g/mol. The van der Waals surface area contributed by atoms with Crippen molar-refractivity contribution in [2.24, 2.45) is 5.92 Å². The highest BCUT2D eigenvalue weighted by Crippen LogP contribution is 2.10. The third-order valence-corrected chi connectivity index (χ3v) is 2.44. The lowest BCUT2D eigenvalue weighted by Gasteiger charge is -2.04. The Morgan fingerprint density at radius 2 is 1.67 bits per heavy atom. The second-order valence-corrected chi connectivity index (χ2v) is 3.83. The van der Waals surface area contributed by atoms with E-state index >= 15 is 0 Å². The summed E-state index contributed by atoms with van der Waals surface area (Å²) >= 11 is 0. The average molecular weight is 210 g/mol. The van der Waals surface area contributed by atoms with Crippen LogP contribution in [0.3, 0.4) is 0 Å². The van der Waals surface area contributed by atoms with Gasteiger partial charge in [-0.25, -0.2) is 0 Å². The van der Waals surface area contributed by atoms with Gasteiger partial charge in [0.2, 0.25) is 0 Å². The van der Waals surface area contributed by atoms with E-state index in [-0.39, 0.29) is 5.92 Å². The first-order valence-electron chi connectivity index (χ1n) is 5.89. The Balaban J connectivity index is 3.48. The number of aldehydes is 2. The standard InChI is InChI=1S/C13H22O2/c1-2-3-4-5-6-7-9-13(12-15)10-8-11-14/h5-6,11-13H,2-4,7-10H2,1H3. The lowest BCUT2D eigenvalue weighted by molar-refractivity contribution is -0.112. The number of hydrogen-bond donors (Lipinski definition) is 0. The van der Waals surface area contributed by atoms with E-state index in [4.69, 9.17) is 0 Å². The molecule has 0 aliphatic heterocycles.